The second-order valence-electron chi connectivity index (χ2n) is 13.2. The monoisotopic (exact) mass is 558 g/mol. The van der Waals surface area contributed by atoms with Gasteiger partial charge in [-0.2, -0.15) is 0 Å². The van der Waals surface area contributed by atoms with Gasteiger partial charge < -0.3 is 25.4 Å². The van der Waals surface area contributed by atoms with Crippen molar-refractivity contribution in [3.8, 4) is 0 Å². The molecule has 0 aromatic heterocycles. The van der Waals surface area contributed by atoms with Gasteiger partial charge in [0.1, 0.15) is 23.7 Å². The number of rotatable bonds is 3. The van der Waals surface area contributed by atoms with Crippen molar-refractivity contribution in [1.82, 2.24) is 4.90 Å². The number of nitrogens with zero attached hydrogens (tertiary/aromatic N) is 1. The number of aliphatic hydroxyl groups excluding tert-OH is 3. The van der Waals surface area contributed by atoms with Gasteiger partial charge in [0.2, 0.25) is 0 Å². The Morgan fingerprint density at radius 2 is 1.95 bits per heavy atom. The highest BCUT2D eigenvalue weighted by atomic mass is 35.5. The zero-order valence-corrected chi connectivity index (χ0v) is 23.6. The number of esters is 1. The molecule has 2 aliphatic carbocycles. The number of cyclic esters (lactones) is 1. The predicted octanol–water partition coefficient (Wildman–Crippen LogP) is 3.09. The quantitative estimate of drug-likeness (QED) is 0.332. The van der Waals surface area contributed by atoms with Crippen molar-refractivity contribution in [2.45, 2.75) is 63.7 Å². The van der Waals surface area contributed by atoms with Crippen molar-refractivity contribution in [3.63, 3.8) is 0 Å². The van der Waals surface area contributed by atoms with Crippen LogP contribution < -0.4 is 5.32 Å². The molecule has 2 saturated carbocycles. The molecule has 4 N–H and O–H groups in total. The van der Waals surface area contributed by atoms with Crippen LogP contribution in [0.2, 0.25) is 5.02 Å². The van der Waals surface area contributed by atoms with Crippen molar-refractivity contribution < 1.29 is 29.6 Å². The fourth-order valence-electron chi connectivity index (χ4n) is 9.82. The number of ether oxygens (including phenoxy) is 1. The topological polar surface area (TPSA) is 119 Å². The molecule has 5 aliphatic rings. The molecule has 0 radical (unpaired) electrons. The molecule has 39 heavy (non-hydrogen) atoms. The minimum Gasteiger partial charge on any atom is -0.462 e. The number of allylic oxidation sites excluding steroid dienone is 1. The first kappa shape index (κ1) is 27.2. The Morgan fingerprint density at radius 3 is 2.62 bits per heavy atom. The number of aliphatic hydroxyl groups is 3. The Kier molecular flexibility index (Phi) is 6.11. The lowest BCUT2D eigenvalue weighted by molar-refractivity contribution is -0.165. The van der Waals surface area contributed by atoms with Crippen molar-refractivity contribution in [3.05, 3.63) is 40.9 Å². The maximum absolute atomic E-state index is 14.0. The Bertz CT molecular complexity index is 1260. The van der Waals surface area contributed by atoms with Gasteiger partial charge in [0.25, 0.3) is 5.91 Å². The summed E-state index contributed by atoms with van der Waals surface area (Å²) in [6.07, 6.45) is 1.70. The number of amides is 1. The minimum absolute atomic E-state index is 0.0241. The third-order valence-corrected chi connectivity index (χ3v) is 11.9. The molecule has 2 saturated heterocycles. The molecule has 8 nitrogen and oxygen atoms in total. The number of carbonyl (C=O) groups excluding carboxylic acids is 2. The molecule has 212 valence electrons. The van der Waals surface area contributed by atoms with E-state index in [1.54, 1.807) is 18.2 Å². The lowest BCUT2D eigenvalue weighted by atomic mass is 9.45. The van der Waals surface area contributed by atoms with Crippen molar-refractivity contribution in [2.24, 2.45) is 34.0 Å². The summed E-state index contributed by atoms with van der Waals surface area (Å²) >= 11 is 6.42. The smallest absolute Gasteiger partial charge is 0.318 e. The molecule has 1 aromatic carbocycles. The SMILES string of the molecule is C=C1CC[C@@H]2[C@](C)(CO)[C@H](O)CC[C@]2(C)[C@@H]1CC1CN(C)[C@@]2(C(=O)Nc3ccc(Cl)cc32)[C@@]12C(=O)OC[C@H]2O. The Hall–Kier alpha value is -1.97. The molecule has 0 bridgehead atoms. The van der Waals surface area contributed by atoms with E-state index >= 15 is 0 Å². The number of carbonyl (C=O) groups is 2. The first-order chi connectivity index (χ1) is 18.4. The van der Waals surface area contributed by atoms with Crippen LogP contribution in [0.4, 0.5) is 5.69 Å². The standard InChI is InChI=1S/C30H39ClN2O6/c1-16-5-8-22-27(2,10-9-23(35)28(22,3)15-34)19(16)11-17-13-33(4)30(29(17)24(36)14-39-26(29)38)20-12-18(31)6-7-21(20)32-25(30)37/h6-7,12,17,19,22-24,34-36H,1,5,8-11,13-15H2,2-4H3,(H,32,37)/t17?,19-,22+,23-,24-,27-,28+,29+,30+/m1/s1. The average molecular weight is 559 g/mol. The van der Waals surface area contributed by atoms with Crippen LogP contribution >= 0.6 is 11.6 Å². The van der Waals surface area contributed by atoms with Gasteiger partial charge in [0, 0.05) is 28.2 Å². The first-order valence-corrected chi connectivity index (χ1v) is 14.4. The summed E-state index contributed by atoms with van der Waals surface area (Å²) in [5.41, 5.74) is -1.65. The van der Waals surface area contributed by atoms with E-state index in [2.05, 4.69) is 18.8 Å². The van der Waals surface area contributed by atoms with Gasteiger partial charge in [-0.15, -0.1) is 0 Å². The second-order valence-corrected chi connectivity index (χ2v) is 13.6. The third kappa shape index (κ3) is 3.15. The molecule has 9 atom stereocenters. The highest BCUT2D eigenvalue weighted by molar-refractivity contribution is 6.31. The molecule has 4 fully saturated rings. The van der Waals surface area contributed by atoms with Gasteiger partial charge in [-0.3, -0.25) is 14.5 Å². The lowest BCUT2D eigenvalue weighted by Gasteiger charge is -2.60. The van der Waals surface area contributed by atoms with Crippen LogP contribution in [0.5, 0.6) is 0 Å². The summed E-state index contributed by atoms with van der Waals surface area (Å²) in [5, 5.41) is 36.4. The maximum Gasteiger partial charge on any atom is 0.318 e. The largest absolute Gasteiger partial charge is 0.462 e. The zero-order chi connectivity index (χ0) is 28.1. The van der Waals surface area contributed by atoms with E-state index in [1.807, 2.05) is 18.9 Å². The van der Waals surface area contributed by atoms with Gasteiger partial charge in [0.15, 0.2) is 0 Å². The fraction of sp³-hybridized carbons (Fsp3) is 0.667. The van der Waals surface area contributed by atoms with E-state index in [4.69, 9.17) is 16.3 Å². The molecular formula is C30H39ClN2O6. The maximum atomic E-state index is 14.0. The molecule has 9 heteroatoms. The molecule has 1 amide bonds. The van der Waals surface area contributed by atoms with Gasteiger partial charge in [-0.05, 0) is 80.5 Å². The molecule has 1 aromatic rings. The normalized spacial score (nSPS) is 45.5. The minimum atomic E-state index is -1.53. The van der Waals surface area contributed by atoms with Crippen LogP contribution in [0.25, 0.3) is 0 Å². The number of hydrogen-bond acceptors (Lipinski definition) is 7. The molecule has 3 heterocycles. The number of likely N-dealkylation sites (N-methyl/N-ethyl adjacent to an activating group) is 1. The molecule has 1 unspecified atom stereocenters. The number of anilines is 1. The number of benzene rings is 1. The lowest BCUT2D eigenvalue weighted by Crippen LogP contribution is -2.62. The first-order valence-electron chi connectivity index (χ1n) is 14.0. The summed E-state index contributed by atoms with van der Waals surface area (Å²) in [6, 6.07) is 5.16. The van der Waals surface area contributed by atoms with Gasteiger partial charge in [-0.25, -0.2) is 0 Å². The highest BCUT2D eigenvalue weighted by Crippen LogP contribution is 2.67. The number of hydrogen-bond donors (Lipinski definition) is 4. The summed E-state index contributed by atoms with van der Waals surface area (Å²) in [4.78, 5) is 29.8. The zero-order valence-electron chi connectivity index (χ0n) is 22.9. The van der Waals surface area contributed by atoms with Crippen LogP contribution in [-0.2, 0) is 19.9 Å². The third-order valence-electron chi connectivity index (χ3n) is 11.7. The Morgan fingerprint density at radius 1 is 1.21 bits per heavy atom. The second kappa shape index (κ2) is 8.76. The molecule has 3 aliphatic heterocycles. The van der Waals surface area contributed by atoms with E-state index < -0.39 is 40.5 Å². The molecule has 2 spiro atoms. The van der Waals surface area contributed by atoms with Crippen LogP contribution in [0.1, 0.15) is 51.5 Å². The van der Waals surface area contributed by atoms with Crippen LogP contribution in [-0.4, -0.2) is 71.1 Å². The van der Waals surface area contributed by atoms with Gasteiger partial charge >= 0.3 is 5.97 Å². The van der Waals surface area contributed by atoms with Crippen LogP contribution in [0.15, 0.2) is 30.4 Å². The number of fused-ring (bicyclic) bond motifs is 4. The summed E-state index contributed by atoms with van der Waals surface area (Å²) in [5.74, 6) is -1.29. The van der Waals surface area contributed by atoms with E-state index in [0.29, 0.717) is 35.7 Å². The summed E-state index contributed by atoms with van der Waals surface area (Å²) < 4.78 is 5.56. The van der Waals surface area contributed by atoms with E-state index in [-0.39, 0.29) is 36.4 Å². The highest BCUT2D eigenvalue weighted by Gasteiger charge is 2.79. The van der Waals surface area contributed by atoms with Crippen molar-refractivity contribution in [2.75, 3.05) is 32.1 Å². The number of nitrogens with one attached hydrogen (secondary N) is 1. The predicted molar refractivity (Wildman–Crippen MR) is 146 cm³/mol. The van der Waals surface area contributed by atoms with Crippen molar-refractivity contribution in [1.29, 1.82) is 0 Å². The van der Waals surface area contributed by atoms with Crippen molar-refractivity contribution >= 4 is 29.2 Å². The van der Waals surface area contributed by atoms with Crippen LogP contribution in [0, 0.1) is 34.0 Å². The van der Waals surface area contributed by atoms with E-state index in [9.17, 15) is 24.9 Å². The van der Waals surface area contributed by atoms with E-state index in [1.165, 1.54) is 0 Å². The van der Waals surface area contributed by atoms with Crippen LogP contribution in [0.3, 0.4) is 0 Å². The molecule has 6 rings (SSSR count). The average Bonchev–Trinajstić information content (AvgIpc) is 3.46. The van der Waals surface area contributed by atoms with E-state index in [0.717, 1.165) is 24.8 Å². The fourth-order valence-corrected chi connectivity index (χ4v) is 9.99. The number of halogens is 1. The number of likely N-dealkylation sites (tertiary alicyclic amines) is 1. The molecular weight excluding hydrogens is 520 g/mol. The van der Waals surface area contributed by atoms with Gasteiger partial charge in [-0.1, -0.05) is 37.6 Å². The van der Waals surface area contributed by atoms with Gasteiger partial charge in [0.05, 0.1) is 12.7 Å². The Balaban J connectivity index is 1.48. The summed E-state index contributed by atoms with van der Waals surface area (Å²) in [6.45, 7) is 8.81. The Labute approximate surface area is 234 Å². The summed E-state index contributed by atoms with van der Waals surface area (Å²) in [7, 11) is 1.83.